The molecular weight excluding hydrogens is 280 g/mol. The van der Waals surface area contributed by atoms with Gasteiger partial charge in [-0.25, -0.2) is 0 Å². The Morgan fingerprint density at radius 1 is 1.29 bits per heavy atom. The van der Waals surface area contributed by atoms with E-state index in [4.69, 9.17) is 11.1 Å². The van der Waals surface area contributed by atoms with Gasteiger partial charge in [0.15, 0.2) is 0 Å². The summed E-state index contributed by atoms with van der Waals surface area (Å²) >= 11 is 2.02. The molecule has 0 spiro atoms. The molecule has 1 fully saturated rings. The molecule has 0 bridgehead atoms. The number of nitrogen functional groups attached to an aromatic ring is 1. The fourth-order valence-corrected chi connectivity index (χ4v) is 4.35. The summed E-state index contributed by atoms with van der Waals surface area (Å²) in [6.45, 7) is 6.46. The van der Waals surface area contributed by atoms with Crippen LogP contribution < -0.4 is 10.6 Å². The number of amidine groups is 1. The molecule has 2 aromatic rings. The Balaban J connectivity index is 2.18. The summed E-state index contributed by atoms with van der Waals surface area (Å²) in [5, 5.41) is 10.1. The van der Waals surface area contributed by atoms with E-state index in [9.17, 15) is 0 Å². The van der Waals surface area contributed by atoms with Crippen molar-refractivity contribution in [2.24, 2.45) is 5.73 Å². The van der Waals surface area contributed by atoms with Gasteiger partial charge < -0.3 is 10.6 Å². The topological polar surface area (TPSA) is 66.0 Å². The first-order valence-corrected chi connectivity index (χ1v) is 8.13. The van der Waals surface area contributed by atoms with E-state index in [0.29, 0.717) is 10.5 Å². The molecule has 0 aliphatic carbocycles. The van der Waals surface area contributed by atoms with Gasteiger partial charge in [0.25, 0.3) is 0 Å². The summed E-state index contributed by atoms with van der Waals surface area (Å²) < 4.78 is 0. The summed E-state index contributed by atoms with van der Waals surface area (Å²) in [7, 11) is 0. The highest BCUT2D eigenvalue weighted by Crippen LogP contribution is 2.34. The Kier molecular flexibility index (Phi) is 3.76. The number of nitrogens with zero attached hydrogens (tertiary/aromatic N) is 2. The van der Waals surface area contributed by atoms with Crippen LogP contribution in [0.5, 0.6) is 0 Å². The van der Waals surface area contributed by atoms with Gasteiger partial charge in [-0.3, -0.25) is 10.4 Å². The second-order valence-corrected chi connectivity index (χ2v) is 7.50. The summed E-state index contributed by atoms with van der Waals surface area (Å²) in [5.74, 6) is 0.0850. The van der Waals surface area contributed by atoms with Gasteiger partial charge in [-0.05, 0) is 6.07 Å². The fraction of sp³-hybridized carbons (Fsp3) is 0.375. The molecule has 0 saturated carbocycles. The summed E-state index contributed by atoms with van der Waals surface area (Å²) in [6, 6.07) is 8.09. The van der Waals surface area contributed by atoms with Crippen molar-refractivity contribution in [2.75, 3.05) is 18.0 Å². The molecule has 1 aliphatic rings. The highest BCUT2D eigenvalue weighted by molar-refractivity contribution is 8.00. The van der Waals surface area contributed by atoms with E-state index in [2.05, 4.69) is 29.8 Å². The lowest BCUT2D eigenvalue weighted by Crippen LogP contribution is -2.41. The predicted molar refractivity (Wildman–Crippen MR) is 91.5 cm³/mol. The van der Waals surface area contributed by atoms with E-state index >= 15 is 0 Å². The van der Waals surface area contributed by atoms with Gasteiger partial charge in [-0.1, -0.05) is 32.0 Å². The van der Waals surface area contributed by atoms with Crippen LogP contribution in [0.4, 0.5) is 5.69 Å². The number of para-hydroxylation sites is 1. The van der Waals surface area contributed by atoms with Gasteiger partial charge in [-0.15, -0.1) is 0 Å². The normalized spacial score (nSPS) is 22.5. The largest absolute Gasteiger partial charge is 0.384 e. The van der Waals surface area contributed by atoms with E-state index in [0.717, 1.165) is 35.2 Å². The van der Waals surface area contributed by atoms with E-state index in [-0.39, 0.29) is 5.84 Å². The maximum absolute atomic E-state index is 7.88. The molecule has 1 saturated heterocycles. The standard InChI is InChI=1S/C16H20N4S/c1-10-8-20(9-11(2)21-10)15-12-5-3-4-6-14(12)19-7-13(15)16(17)18/h3-7,10-11H,8-9H2,1-2H3,(H3,17,18). The average molecular weight is 300 g/mol. The molecule has 21 heavy (non-hydrogen) atoms. The van der Waals surface area contributed by atoms with E-state index in [1.165, 1.54) is 0 Å². The predicted octanol–water partition coefficient (Wildman–Crippen LogP) is 2.85. The molecule has 110 valence electrons. The summed E-state index contributed by atoms with van der Waals surface area (Å²) in [5.41, 5.74) is 8.55. The molecule has 2 atom stereocenters. The molecule has 1 aliphatic heterocycles. The number of hydrogen-bond donors (Lipinski definition) is 2. The van der Waals surface area contributed by atoms with Gasteiger partial charge in [0.2, 0.25) is 0 Å². The second-order valence-electron chi connectivity index (χ2n) is 5.61. The van der Waals surface area contributed by atoms with Crippen LogP contribution in [-0.2, 0) is 0 Å². The molecular formula is C16H20N4S. The molecule has 1 aromatic carbocycles. The van der Waals surface area contributed by atoms with Crippen LogP contribution in [0.15, 0.2) is 30.5 Å². The summed E-state index contributed by atoms with van der Waals surface area (Å²) in [6.07, 6.45) is 1.73. The van der Waals surface area contributed by atoms with Crippen molar-refractivity contribution in [3.8, 4) is 0 Å². The zero-order valence-corrected chi connectivity index (χ0v) is 13.2. The average Bonchev–Trinajstić information content (AvgIpc) is 2.44. The zero-order valence-electron chi connectivity index (χ0n) is 12.3. The van der Waals surface area contributed by atoms with Crippen LogP contribution in [0, 0.1) is 5.41 Å². The van der Waals surface area contributed by atoms with Gasteiger partial charge in [0, 0.05) is 35.2 Å². The van der Waals surface area contributed by atoms with Crippen molar-refractivity contribution in [1.82, 2.24) is 4.98 Å². The third kappa shape index (κ3) is 2.70. The number of anilines is 1. The fourth-order valence-electron chi connectivity index (χ4n) is 3.03. The number of pyridine rings is 1. The SMILES string of the molecule is CC1CN(c2c(C(=N)N)cnc3ccccc23)CC(C)S1. The molecule has 3 N–H and O–H groups in total. The van der Waals surface area contributed by atoms with Gasteiger partial charge in [-0.2, -0.15) is 11.8 Å². The lowest BCUT2D eigenvalue weighted by molar-refractivity contribution is 0.729. The van der Waals surface area contributed by atoms with Crippen molar-refractivity contribution >= 4 is 34.2 Å². The lowest BCUT2D eigenvalue weighted by atomic mass is 10.1. The maximum atomic E-state index is 7.88. The number of aromatic nitrogens is 1. The van der Waals surface area contributed by atoms with Crippen LogP contribution >= 0.6 is 11.8 Å². The van der Waals surface area contributed by atoms with Crippen LogP contribution in [0.2, 0.25) is 0 Å². The minimum absolute atomic E-state index is 0.0850. The number of nitrogens with one attached hydrogen (secondary N) is 1. The molecule has 0 amide bonds. The summed E-state index contributed by atoms with van der Waals surface area (Å²) in [4.78, 5) is 6.81. The highest BCUT2D eigenvalue weighted by Gasteiger charge is 2.26. The molecule has 0 radical (unpaired) electrons. The molecule has 5 heteroatoms. The number of fused-ring (bicyclic) bond motifs is 1. The second kappa shape index (κ2) is 5.56. The van der Waals surface area contributed by atoms with Crippen LogP contribution in [0.25, 0.3) is 10.9 Å². The number of thioether (sulfide) groups is 1. The zero-order chi connectivity index (χ0) is 15.0. The highest BCUT2D eigenvalue weighted by atomic mass is 32.2. The molecule has 1 aromatic heterocycles. The quantitative estimate of drug-likeness (QED) is 0.661. The van der Waals surface area contributed by atoms with Gasteiger partial charge >= 0.3 is 0 Å². The minimum atomic E-state index is 0.0850. The Bertz CT molecular complexity index is 675. The first-order chi connectivity index (χ1) is 10.1. The van der Waals surface area contributed by atoms with Crippen molar-refractivity contribution in [2.45, 2.75) is 24.3 Å². The van der Waals surface area contributed by atoms with Crippen molar-refractivity contribution < 1.29 is 0 Å². The number of rotatable bonds is 2. The molecule has 2 unspecified atom stereocenters. The Hall–Kier alpha value is -1.75. The lowest BCUT2D eigenvalue weighted by Gasteiger charge is -2.37. The minimum Gasteiger partial charge on any atom is -0.384 e. The number of nitrogens with two attached hydrogens (primary N) is 1. The van der Waals surface area contributed by atoms with Crippen molar-refractivity contribution in [3.05, 3.63) is 36.0 Å². The van der Waals surface area contributed by atoms with Gasteiger partial charge in [0.05, 0.1) is 16.8 Å². The van der Waals surface area contributed by atoms with E-state index in [1.54, 1.807) is 6.20 Å². The Labute approximate surface area is 129 Å². The van der Waals surface area contributed by atoms with Gasteiger partial charge in [0.1, 0.15) is 5.84 Å². The molecule has 4 nitrogen and oxygen atoms in total. The van der Waals surface area contributed by atoms with Crippen molar-refractivity contribution in [1.29, 1.82) is 5.41 Å². The maximum Gasteiger partial charge on any atom is 0.126 e. The first-order valence-electron chi connectivity index (χ1n) is 7.19. The third-order valence-electron chi connectivity index (χ3n) is 3.77. The Morgan fingerprint density at radius 3 is 2.62 bits per heavy atom. The molecule has 3 rings (SSSR count). The monoisotopic (exact) mass is 300 g/mol. The van der Waals surface area contributed by atoms with E-state index < -0.39 is 0 Å². The Morgan fingerprint density at radius 2 is 1.95 bits per heavy atom. The number of hydrogen-bond acceptors (Lipinski definition) is 4. The van der Waals surface area contributed by atoms with Crippen LogP contribution in [-0.4, -0.2) is 34.4 Å². The van der Waals surface area contributed by atoms with Crippen molar-refractivity contribution in [3.63, 3.8) is 0 Å². The number of benzene rings is 1. The van der Waals surface area contributed by atoms with E-state index in [1.807, 2.05) is 30.0 Å². The first kappa shape index (κ1) is 14.2. The smallest absolute Gasteiger partial charge is 0.126 e. The third-order valence-corrected chi connectivity index (χ3v) is 5.00. The van der Waals surface area contributed by atoms with Crippen LogP contribution in [0.3, 0.4) is 0 Å². The molecule has 2 heterocycles. The van der Waals surface area contributed by atoms with Crippen LogP contribution in [0.1, 0.15) is 19.4 Å².